The van der Waals surface area contributed by atoms with Crippen molar-refractivity contribution in [2.45, 2.75) is 229 Å². The molecule has 0 aromatic heterocycles. The van der Waals surface area contributed by atoms with E-state index in [1.54, 1.807) is 0 Å². The Kier molecular flexibility index (Phi) is 16.5. The largest absolute Gasteiger partial charge is 0.373 e. The second kappa shape index (κ2) is 19.8. The van der Waals surface area contributed by atoms with Gasteiger partial charge in [-0.25, -0.2) is 0 Å². The molecule has 4 saturated carbocycles. The number of fused-ring (bicyclic) bond motifs is 8. The van der Waals surface area contributed by atoms with E-state index in [2.05, 4.69) is 79.1 Å². The molecular weight excluding hydrogens is 717 g/mol. The number of hydrogen-bond donors (Lipinski definition) is 0. The fourth-order valence-electron chi connectivity index (χ4n) is 10.7. The van der Waals surface area contributed by atoms with E-state index in [4.69, 9.17) is 47.6 Å². The number of hydrogen-bond acceptors (Lipinski definition) is 10. The molecule has 0 N–H and O–H groups in total. The molecule has 0 aromatic carbocycles. The van der Waals surface area contributed by atoms with Gasteiger partial charge in [-0.1, -0.05) is 84.8 Å². The van der Waals surface area contributed by atoms with Gasteiger partial charge in [0.15, 0.2) is 11.6 Å². The van der Waals surface area contributed by atoms with Gasteiger partial charge in [0.05, 0.1) is 44.7 Å². The van der Waals surface area contributed by atoms with Crippen molar-refractivity contribution in [3.05, 3.63) is 24.8 Å². The maximum Gasteiger partial charge on any atom is 0.373 e. The van der Waals surface area contributed by atoms with Crippen LogP contribution in [0.5, 0.6) is 0 Å². The van der Waals surface area contributed by atoms with Crippen LogP contribution in [0.1, 0.15) is 144 Å². The standard InChI is InChI=1S/C19H30O3.C15H24O3.C8H18Si.2CO2/c1-3-4-6-9-16-18(2)12-14(20-16)17-15(13-18)21-19(22-17)10-7-5-8-11-19;1-10-14(2)8-11(16-10)13-12(9-14)17-15(18-13)6-4-3-5-7-15;1-6-8(7-2)9(3,4)5;2*2-1-3/h4,6,14-17H,3,5,7-13H2,1-2H3;10-13H,3-9H2,1-2H3;6,8H,1,7H2,2-5H3;;/b6-4+;;;;/t14-,15-,16+,17?,18+;10?,11-,12-,13?,14+;;;/m11.../s1. The van der Waals surface area contributed by atoms with Crippen LogP contribution in [-0.2, 0) is 47.6 Å². The normalized spacial score (nSPS) is 38.9. The van der Waals surface area contributed by atoms with E-state index in [1.807, 2.05) is 0 Å². The molecule has 4 saturated heterocycles. The lowest BCUT2D eigenvalue weighted by Gasteiger charge is -2.35. The zero-order valence-electron chi connectivity index (χ0n) is 35.2. The van der Waals surface area contributed by atoms with Gasteiger partial charge >= 0.3 is 12.3 Å². The van der Waals surface area contributed by atoms with E-state index < -0.39 is 8.07 Å². The Labute approximate surface area is 332 Å². The van der Waals surface area contributed by atoms with Crippen LogP contribution in [0.4, 0.5) is 0 Å². The minimum absolute atomic E-state index is 0.173. The van der Waals surface area contributed by atoms with Crippen molar-refractivity contribution in [1.82, 2.24) is 0 Å². The van der Waals surface area contributed by atoms with Gasteiger partial charge in [-0.15, -0.1) is 6.58 Å². The Morgan fingerprint density at radius 2 is 1.11 bits per heavy atom. The Balaban J connectivity index is 0.000000183. The molecule has 4 aliphatic heterocycles. The molecule has 11 heteroatoms. The van der Waals surface area contributed by atoms with Gasteiger partial charge in [0.2, 0.25) is 0 Å². The van der Waals surface area contributed by atoms with Crippen molar-refractivity contribution in [3.8, 4) is 0 Å². The number of ether oxygens (including phenoxy) is 6. The number of rotatable bonds is 6. The molecule has 8 rings (SSSR count). The van der Waals surface area contributed by atoms with Crippen LogP contribution >= 0.6 is 0 Å². The summed E-state index contributed by atoms with van der Waals surface area (Å²) in [5.74, 6) is -0.517. The van der Waals surface area contributed by atoms with Crippen molar-refractivity contribution in [2.24, 2.45) is 10.8 Å². The summed E-state index contributed by atoms with van der Waals surface area (Å²) in [6.07, 6.45) is 29.1. The first-order valence-corrected chi connectivity index (χ1v) is 25.0. The second-order valence-electron chi connectivity index (χ2n) is 18.9. The van der Waals surface area contributed by atoms with E-state index in [1.165, 1.54) is 44.9 Å². The van der Waals surface area contributed by atoms with Gasteiger partial charge in [-0.05, 0) is 87.5 Å². The molecule has 11 atom stereocenters. The molecule has 8 aliphatic rings. The quantitative estimate of drug-likeness (QED) is 0.190. The van der Waals surface area contributed by atoms with E-state index in [0.717, 1.165) is 69.7 Å². The second-order valence-corrected chi connectivity index (χ2v) is 24.4. The first kappa shape index (κ1) is 45.9. The molecule has 4 heterocycles. The maximum absolute atomic E-state index is 8.12. The lowest BCUT2D eigenvalue weighted by molar-refractivity contribution is -0.204. The Morgan fingerprint density at radius 1 is 0.673 bits per heavy atom. The molecule has 10 nitrogen and oxygen atoms in total. The van der Waals surface area contributed by atoms with Crippen molar-refractivity contribution >= 4 is 20.4 Å². The van der Waals surface area contributed by atoms with E-state index in [9.17, 15) is 0 Å². The highest BCUT2D eigenvalue weighted by molar-refractivity contribution is 6.78. The highest BCUT2D eigenvalue weighted by Crippen LogP contribution is 2.57. The molecule has 4 unspecified atom stereocenters. The van der Waals surface area contributed by atoms with Gasteiger partial charge in [0, 0.05) is 25.7 Å². The van der Waals surface area contributed by atoms with Crippen molar-refractivity contribution in [3.63, 3.8) is 0 Å². The summed E-state index contributed by atoms with van der Waals surface area (Å²) < 4.78 is 38.3. The van der Waals surface area contributed by atoms with Gasteiger partial charge in [0.1, 0.15) is 12.2 Å². The van der Waals surface area contributed by atoms with E-state index in [-0.39, 0.29) is 65.9 Å². The van der Waals surface area contributed by atoms with Crippen molar-refractivity contribution in [2.75, 3.05) is 0 Å². The van der Waals surface area contributed by atoms with Crippen LogP contribution in [0, 0.1) is 10.8 Å². The summed E-state index contributed by atoms with van der Waals surface area (Å²) in [7, 11) is -0.905. The van der Waals surface area contributed by atoms with E-state index in [0.29, 0.717) is 17.6 Å². The number of allylic oxidation sites excluding steroid dienone is 2. The fraction of sp³-hybridized carbons (Fsp3) is 0.864. The predicted octanol–water partition coefficient (Wildman–Crippen LogP) is 9.50. The van der Waals surface area contributed by atoms with Crippen LogP contribution in [0.25, 0.3) is 0 Å². The van der Waals surface area contributed by atoms with Gasteiger partial charge in [0.25, 0.3) is 0 Å². The highest BCUT2D eigenvalue weighted by Gasteiger charge is 2.62. The van der Waals surface area contributed by atoms with Gasteiger partial charge in [-0.3, -0.25) is 0 Å². The maximum atomic E-state index is 8.12. The van der Waals surface area contributed by atoms with Crippen LogP contribution in [0.15, 0.2) is 24.8 Å². The monoisotopic (exact) mass is 788 g/mol. The number of carbonyl (C=O) groups excluding carboxylic acids is 4. The zero-order chi connectivity index (χ0) is 40.5. The molecular formula is C44H72O10Si. The third-order valence-electron chi connectivity index (χ3n) is 13.9. The average molecular weight is 789 g/mol. The summed E-state index contributed by atoms with van der Waals surface area (Å²) in [6, 6.07) is 0. The van der Waals surface area contributed by atoms with Gasteiger partial charge < -0.3 is 28.4 Å². The smallest absolute Gasteiger partial charge is 0.372 e. The molecule has 0 amide bonds. The van der Waals surface area contributed by atoms with Crippen molar-refractivity contribution < 1.29 is 47.6 Å². The molecule has 0 radical (unpaired) electrons. The molecule has 2 spiro atoms. The SMILES string of the molecule is C=CC(CC)[Si](C)(C)C.CC/C=C/C[C@@H]1O[C@@H]2C[C@@]1(C)C[C@H]1OC3(CCCCC3)OC21.CC1O[C@@H]2C[C@@]1(C)C[C@H]1OC3(CCCCC3)OC21.O=C=O.O=C=O. The Bertz CT molecular complexity index is 1310. The Morgan fingerprint density at radius 3 is 1.53 bits per heavy atom. The lowest BCUT2D eigenvalue weighted by atomic mass is 9.70. The molecule has 8 fully saturated rings. The van der Waals surface area contributed by atoms with Crippen LogP contribution < -0.4 is 0 Å². The third-order valence-corrected chi connectivity index (χ3v) is 16.7. The summed E-state index contributed by atoms with van der Waals surface area (Å²) in [6.45, 7) is 22.4. The predicted molar refractivity (Wildman–Crippen MR) is 210 cm³/mol. The first-order chi connectivity index (χ1) is 26.1. The summed E-state index contributed by atoms with van der Waals surface area (Å²) in [5.41, 5.74) is 1.36. The minimum atomic E-state index is -0.905. The zero-order valence-corrected chi connectivity index (χ0v) is 36.2. The molecule has 4 bridgehead atoms. The van der Waals surface area contributed by atoms with Crippen LogP contribution in [-0.4, -0.2) is 80.8 Å². The van der Waals surface area contributed by atoms with Crippen LogP contribution in [0.3, 0.4) is 0 Å². The third kappa shape index (κ3) is 11.0. The van der Waals surface area contributed by atoms with E-state index >= 15 is 0 Å². The molecule has 312 valence electrons. The lowest BCUT2D eigenvalue weighted by Crippen LogP contribution is -2.42. The average Bonchev–Trinajstić information content (AvgIpc) is 3.81. The highest BCUT2D eigenvalue weighted by atomic mass is 28.3. The molecule has 4 aliphatic carbocycles. The van der Waals surface area contributed by atoms with Gasteiger partial charge in [-0.2, -0.15) is 19.2 Å². The molecule has 55 heavy (non-hydrogen) atoms. The van der Waals surface area contributed by atoms with Crippen molar-refractivity contribution in [1.29, 1.82) is 0 Å². The first-order valence-electron chi connectivity index (χ1n) is 21.4. The van der Waals surface area contributed by atoms with Crippen LogP contribution in [0.2, 0.25) is 25.2 Å². The Hall–Kier alpha value is -1.78. The molecule has 0 aromatic rings. The summed E-state index contributed by atoms with van der Waals surface area (Å²) in [4.78, 5) is 32.5. The summed E-state index contributed by atoms with van der Waals surface area (Å²) >= 11 is 0. The topological polar surface area (TPSA) is 124 Å². The summed E-state index contributed by atoms with van der Waals surface area (Å²) in [5, 5.41) is 0. The fourth-order valence-corrected chi connectivity index (χ4v) is 12.7. The minimum Gasteiger partial charge on any atom is -0.372 e.